The van der Waals surface area contributed by atoms with Crippen molar-refractivity contribution >= 4 is 51.9 Å². The quantitative estimate of drug-likeness (QED) is 0.132. The number of hydrogen-bond acceptors (Lipinski definition) is 12. The van der Waals surface area contributed by atoms with Crippen LogP contribution >= 0.6 is 23.3 Å². The molecule has 1 fully saturated rings. The molecule has 0 aliphatic carbocycles. The smallest absolute Gasteiger partial charge is 0.278 e. The molecule has 3 N–H and O–H groups in total. The Morgan fingerprint density at radius 2 is 2.16 bits per heavy atom. The molecule has 16 heteroatoms. The highest BCUT2D eigenvalue weighted by Crippen LogP contribution is 2.40. The number of nitrogens with one attached hydrogen (secondary N) is 1. The number of thioether (sulfide) groups is 1. The monoisotopic (exact) mass is 556 g/mol. The van der Waals surface area contributed by atoms with E-state index in [1.807, 2.05) is 20.2 Å². The van der Waals surface area contributed by atoms with Gasteiger partial charge in [-0.25, -0.2) is 4.39 Å². The van der Waals surface area contributed by atoms with E-state index in [1.54, 1.807) is 6.08 Å². The number of aromatic nitrogens is 2. The van der Waals surface area contributed by atoms with Crippen molar-refractivity contribution in [2.45, 2.75) is 11.4 Å². The SMILES string of the molecule is CN(C)CC[N+](C)(C)C/C=C/C1=C(C(=O)[O-])N2C(=O)[C@@H](NC(=O)/C(=N\OCF)c3nsc(N)n3)[C@@H]2SC1. The summed E-state index contributed by atoms with van der Waals surface area (Å²) in [5, 5.41) is 17.2. The lowest BCUT2D eigenvalue weighted by Gasteiger charge is -2.50. The van der Waals surface area contributed by atoms with E-state index < -0.39 is 41.8 Å². The van der Waals surface area contributed by atoms with Crippen LogP contribution in [0.2, 0.25) is 0 Å². The number of halogens is 1. The summed E-state index contributed by atoms with van der Waals surface area (Å²) in [6.45, 7) is 1.17. The van der Waals surface area contributed by atoms with E-state index in [-0.39, 0.29) is 16.7 Å². The van der Waals surface area contributed by atoms with Gasteiger partial charge in [-0.05, 0) is 25.7 Å². The number of fused-ring (bicyclic) bond motifs is 1. The molecule has 2 amide bonds. The summed E-state index contributed by atoms with van der Waals surface area (Å²) in [6, 6.07) is -1.05. The van der Waals surface area contributed by atoms with Crippen molar-refractivity contribution < 1.29 is 33.2 Å². The number of likely N-dealkylation sites (N-methyl/N-ethyl adjacent to an activating group) is 2. The van der Waals surface area contributed by atoms with Gasteiger partial charge in [0, 0.05) is 23.8 Å². The topological polar surface area (TPSA) is 166 Å². The minimum Gasteiger partial charge on any atom is -0.543 e. The molecule has 0 spiro atoms. The maximum Gasteiger partial charge on any atom is 0.278 e. The van der Waals surface area contributed by atoms with Crippen LogP contribution in [0.3, 0.4) is 0 Å². The van der Waals surface area contributed by atoms with Crippen LogP contribution in [-0.2, 0) is 19.2 Å². The number of oxime groups is 1. The summed E-state index contributed by atoms with van der Waals surface area (Å²) in [7, 11) is 8.15. The van der Waals surface area contributed by atoms with E-state index >= 15 is 0 Å². The Morgan fingerprint density at radius 1 is 1.43 bits per heavy atom. The molecule has 0 saturated carbocycles. The van der Waals surface area contributed by atoms with Gasteiger partial charge in [-0.1, -0.05) is 11.2 Å². The van der Waals surface area contributed by atoms with E-state index in [0.717, 1.165) is 29.5 Å². The lowest BCUT2D eigenvalue weighted by Crippen LogP contribution is -2.71. The number of aliphatic carboxylic acids is 1. The number of carboxylic acid groups (broad SMARTS) is 1. The van der Waals surface area contributed by atoms with Crippen molar-refractivity contribution in [2.75, 3.05) is 66.2 Å². The Hall–Kier alpha value is -3.08. The number of nitrogens with zero attached hydrogens (tertiary/aromatic N) is 6. The molecule has 0 aromatic carbocycles. The lowest BCUT2D eigenvalue weighted by atomic mass is 10.0. The molecule has 0 unspecified atom stereocenters. The van der Waals surface area contributed by atoms with Crippen molar-refractivity contribution in [1.82, 2.24) is 24.5 Å². The summed E-state index contributed by atoms with van der Waals surface area (Å²) in [6.07, 6.45) is 3.60. The normalized spacial score (nSPS) is 20.3. The fourth-order valence-corrected chi connectivity index (χ4v) is 5.37. The van der Waals surface area contributed by atoms with Gasteiger partial charge in [0.25, 0.3) is 18.7 Å². The second-order valence-electron chi connectivity index (χ2n) is 9.20. The second kappa shape index (κ2) is 12.0. The predicted octanol–water partition coefficient (Wildman–Crippen LogP) is -1.63. The summed E-state index contributed by atoms with van der Waals surface area (Å²) >= 11 is 2.09. The van der Waals surface area contributed by atoms with E-state index in [2.05, 4.69) is 43.7 Å². The molecule has 1 saturated heterocycles. The maximum absolute atomic E-state index is 12.9. The highest BCUT2D eigenvalue weighted by Gasteiger charge is 2.53. The van der Waals surface area contributed by atoms with Gasteiger partial charge in [-0.2, -0.15) is 9.36 Å². The number of carbonyl (C=O) groups is 3. The highest BCUT2D eigenvalue weighted by atomic mass is 32.2. The van der Waals surface area contributed by atoms with Gasteiger partial charge in [-0.15, -0.1) is 11.8 Å². The molecule has 2 atom stereocenters. The summed E-state index contributed by atoms with van der Waals surface area (Å²) in [5.74, 6) is -2.91. The maximum atomic E-state index is 12.9. The van der Waals surface area contributed by atoms with E-state index in [1.165, 1.54) is 11.8 Å². The number of β-lactam (4-membered cyclic amide) rings is 1. The number of anilines is 1. The molecular formula is C21H29FN8O5S2. The number of carbonyl (C=O) groups excluding carboxylic acids is 3. The van der Waals surface area contributed by atoms with Crippen LogP contribution in [0.4, 0.5) is 9.52 Å². The molecule has 3 rings (SSSR count). The summed E-state index contributed by atoms with van der Waals surface area (Å²) < 4.78 is 17.0. The average Bonchev–Trinajstić information content (AvgIpc) is 3.26. The molecule has 3 heterocycles. The Labute approximate surface area is 221 Å². The minimum absolute atomic E-state index is 0.0497. The van der Waals surface area contributed by atoms with E-state index in [0.29, 0.717) is 22.4 Å². The van der Waals surface area contributed by atoms with Gasteiger partial charge < -0.3 is 35.2 Å². The molecule has 1 aromatic heterocycles. The molecule has 0 radical (unpaired) electrons. The number of nitrogen functional groups attached to an aromatic ring is 1. The van der Waals surface area contributed by atoms with Gasteiger partial charge in [0.1, 0.15) is 11.4 Å². The van der Waals surface area contributed by atoms with Crippen molar-refractivity contribution in [3.8, 4) is 0 Å². The van der Waals surface area contributed by atoms with Gasteiger partial charge in [0.15, 0.2) is 5.13 Å². The number of nitrogens with two attached hydrogens (primary N) is 1. The molecule has 202 valence electrons. The fraction of sp³-hybridized carbons (Fsp3) is 0.524. The van der Waals surface area contributed by atoms with Gasteiger partial charge >= 0.3 is 0 Å². The number of quaternary nitrogens is 1. The zero-order chi connectivity index (χ0) is 27.3. The molecule has 2 aliphatic heterocycles. The van der Waals surface area contributed by atoms with Crippen LogP contribution in [0.5, 0.6) is 0 Å². The Balaban J connectivity index is 1.73. The number of rotatable bonds is 12. The Kier molecular flexibility index (Phi) is 9.22. The Morgan fingerprint density at radius 3 is 2.76 bits per heavy atom. The number of amides is 2. The zero-order valence-electron chi connectivity index (χ0n) is 20.8. The van der Waals surface area contributed by atoms with Crippen molar-refractivity contribution in [2.24, 2.45) is 5.16 Å². The first kappa shape index (κ1) is 28.5. The summed E-state index contributed by atoms with van der Waals surface area (Å²) in [5.41, 5.74) is 5.30. The third-order valence-electron chi connectivity index (χ3n) is 5.62. The zero-order valence-corrected chi connectivity index (χ0v) is 22.5. The standard InChI is InChI=1S/C21H29FN8O5S2/c1-28(2)7-9-30(3,4)8-5-6-12-10-36-19-14(18(32)29(19)15(12)20(33)34)24-17(31)13(26-35-11-22)16-25-21(23)37-27-16/h5-6,14,19H,7-11H2,1-4H3,(H3-,23,24,25,27,31,33,34)/b6-5+,26-13-/t14-,19+/m1/s1. The summed E-state index contributed by atoms with van der Waals surface area (Å²) in [4.78, 5) is 49.1. The van der Waals surface area contributed by atoms with Crippen LogP contribution in [0.1, 0.15) is 5.82 Å². The third-order valence-corrected chi connectivity index (χ3v) is 7.47. The average molecular weight is 557 g/mol. The molecule has 1 aromatic rings. The van der Waals surface area contributed by atoms with Crippen LogP contribution < -0.4 is 16.2 Å². The van der Waals surface area contributed by atoms with Gasteiger partial charge in [0.2, 0.25) is 11.5 Å². The first-order valence-corrected chi connectivity index (χ1v) is 13.0. The Bertz CT molecular complexity index is 1140. The minimum atomic E-state index is -1.48. The lowest BCUT2D eigenvalue weighted by molar-refractivity contribution is -0.883. The number of alkyl halides is 1. The molecule has 0 bridgehead atoms. The molecule has 37 heavy (non-hydrogen) atoms. The number of allylic oxidation sites excluding steroid dienone is 1. The second-order valence-corrected chi connectivity index (χ2v) is 11.1. The van der Waals surface area contributed by atoms with Crippen molar-refractivity contribution in [3.63, 3.8) is 0 Å². The molecular weight excluding hydrogens is 527 g/mol. The number of hydrogen-bond donors (Lipinski definition) is 2. The largest absolute Gasteiger partial charge is 0.543 e. The first-order valence-electron chi connectivity index (χ1n) is 11.1. The van der Waals surface area contributed by atoms with E-state index in [9.17, 15) is 23.9 Å². The molecule has 2 aliphatic rings. The van der Waals surface area contributed by atoms with Gasteiger partial charge in [0.05, 0.1) is 38.9 Å². The van der Waals surface area contributed by atoms with Crippen LogP contribution in [0, 0.1) is 0 Å². The number of carboxylic acids is 1. The van der Waals surface area contributed by atoms with Gasteiger partial charge in [-0.3, -0.25) is 14.5 Å². The third kappa shape index (κ3) is 6.82. The van der Waals surface area contributed by atoms with Crippen molar-refractivity contribution in [1.29, 1.82) is 0 Å². The predicted molar refractivity (Wildman–Crippen MR) is 135 cm³/mol. The van der Waals surface area contributed by atoms with Crippen molar-refractivity contribution in [3.05, 3.63) is 29.2 Å². The molecule has 13 nitrogen and oxygen atoms in total. The van der Waals surface area contributed by atoms with Crippen LogP contribution in [0.15, 0.2) is 28.6 Å². The van der Waals surface area contributed by atoms with Crippen LogP contribution in [0.25, 0.3) is 0 Å². The van der Waals surface area contributed by atoms with E-state index in [4.69, 9.17) is 5.73 Å². The van der Waals surface area contributed by atoms with Crippen LogP contribution in [-0.4, -0.2) is 119 Å². The highest BCUT2D eigenvalue weighted by molar-refractivity contribution is 8.00. The fourth-order valence-electron chi connectivity index (χ4n) is 3.62. The first-order chi connectivity index (χ1) is 17.4.